The van der Waals surface area contributed by atoms with Gasteiger partial charge in [-0.15, -0.1) is 0 Å². The van der Waals surface area contributed by atoms with E-state index in [-0.39, 0.29) is 0 Å². The zero-order valence-corrected chi connectivity index (χ0v) is 11.4. The van der Waals surface area contributed by atoms with Crippen molar-refractivity contribution < 1.29 is 4.79 Å². The molecule has 0 aliphatic rings. The molecule has 0 unspecified atom stereocenters. The summed E-state index contributed by atoms with van der Waals surface area (Å²) >= 11 is 16.1. The fourth-order valence-corrected chi connectivity index (χ4v) is 1.13. The van der Waals surface area contributed by atoms with Gasteiger partial charge in [0.1, 0.15) is 0 Å². The Bertz CT molecular complexity index is 256. The second-order valence-electron chi connectivity index (χ2n) is 3.14. The number of halogens is 3. The van der Waals surface area contributed by atoms with Crippen LogP contribution in [0.2, 0.25) is 0 Å². The molecule has 0 spiro atoms. The van der Waals surface area contributed by atoms with Gasteiger partial charge in [0.05, 0.1) is 0 Å². The average Bonchev–Trinajstić information content (AvgIpc) is 2.20. The summed E-state index contributed by atoms with van der Waals surface area (Å²) in [5.41, 5.74) is 0. The van der Waals surface area contributed by atoms with E-state index in [0.717, 1.165) is 19.3 Å². The van der Waals surface area contributed by atoms with E-state index < -0.39 is 9.70 Å². The third-order valence-electron chi connectivity index (χ3n) is 1.71. The Hall–Kier alpha value is -0.180. The molecule has 92 valence electrons. The van der Waals surface area contributed by atoms with Crippen molar-refractivity contribution in [1.29, 1.82) is 0 Å². The first-order chi connectivity index (χ1) is 7.48. The lowest BCUT2D eigenvalue weighted by atomic mass is 10.2. The number of hydrogen-bond donors (Lipinski definition) is 1. The fraction of sp³-hybridized carbons (Fsp3) is 0.545. The number of allylic oxidation sites excluding steroid dienone is 3. The maximum absolute atomic E-state index is 11.1. The summed E-state index contributed by atoms with van der Waals surface area (Å²) in [6.45, 7) is 2.48. The van der Waals surface area contributed by atoms with Crippen molar-refractivity contribution in [3.8, 4) is 0 Å². The van der Waals surface area contributed by atoms with Crippen LogP contribution < -0.4 is 5.32 Å². The van der Waals surface area contributed by atoms with Crippen LogP contribution in [0.5, 0.6) is 0 Å². The fourth-order valence-electron chi connectivity index (χ4n) is 0.930. The second kappa shape index (κ2) is 8.91. The molecular weight excluding hydrogens is 268 g/mol. The van der Waals surface area contributed by atoms with Crippen molar-refractivity contribution >= 4 is 40.7 Å². The molecule has 0 aliphatic heterocycles. The molecule has 0 aliphatic carbocycles. The zero-order chi connectivity index (χ0) is 12.4. The first-order valence-corrected chi connectivity index (χ1v) is 6.27. The summed E-state index contributed by atoms with van der Waals surface area (Å²) in [4.78, 5) is 11.1. The molecule has 0 saturated heterocycles. The first kappa shape index (κ1) is 15.8. The highest BCUT2D eigenvalue weighted by atomic mass is 35.6. The molecule has 5 heteroatoms. The van der Waals surface area contributed by atoms with Crippen molar-refractivity contribution in [3.63, 3.8) is 0 Å². The van der Waals surface area contributed by atoms with Gasteiger partial charge in [0.25, 0.3) is 9.70 Å². The van der Waals surface area contributed by atoms with Gasteiger partial charge in [0.2, 0.25) is 0 Å². The number of carbonyl (C=O) groups is 1. The molecule has 0 heterocycles. The lowest BCUT2D eigenvalue weighted by molar-refractivity contribution is -0.120. The number of unbranched alkanes of at least 4 members (excludes halogenated alkanes) is 1. The van der Waals surface area contributed by atoms with Crippen LogP contribution in [0.25, 0.3) is 0 Å². The Morgan fingerprint density at radius 3 is 2.19 bits per heavy atom. The number of amides is 1. The Morgan fingerprint density at radius 2 is 1.69 bits per heavy atom. The summed E-state index contributed by atoms with van der Waals surface area (Å²) in [6.07, 6.45) is 11.1. The van der Waals surface area contributed by atoms with E-state index >= 15 is 0 Å². The maximum atomic E-state index is 11.1. The van der Waals surface area contributed by atoms with Crippen LogP contribution in [0.3, 0.4) is 0 Å². The molecule has 0 aromatic carbocycles. The number of carbonyl (C=O) groups excluding carboxylic acids is 1. The number of hydrogen-bond acceptors (Lipinski definition) is 1. The molecule has 0 radical (unpaired) electrons. The zero-order valence-electron chi connectivity index (χ0n) is 9.18. The van der Waals surface area contributed by atoms with Gasteiger partial charge in [-0.1, -0.05) is 66.0 Å². The highest BCUT2D eigenvalue weighted by Crippen LogP contribution is 2.25. The van der Waals surface area contributed by atoms with Crippen molar-refractivity contribution in [1.82, 2.24) is 5.32 Å². The predicted octanol–water partition coefficient (Wildman–Crippen LogP) is 3.78. The van der Waals surface area contributed by atoms with E-state index in [9.17, 15) is 4.79 Å². The summed E-state index contributed by atoms with van der Waals surface area (Å²) in [6, 6.07) is 0. The van der Waals surface area contributed by atoms with Gasteiger partial charge in [-0.3, -0.25) is 4.79 Å². The molecule has 0 aromatic heterocycles. The van der Waals surface area contributed by atoms with Crippen molar-refractivity contribution in [3.05, 3.63) is 24.3 Å². The molecule has 16 heavy (non-hydrogen) atoms. The van der Waals surface area contributed by atoms with E-state index in [2.05, 4.69) is 24.4 Å². The van der Waals surface area contributed by atoms with Crippen LogP contribution in [-0.4, -0.2) is 16.2 Å². The van der Waals surface area contributed by atoms with Gasteiger partial charge in [0, 0.05) is 6.54 Å². The molecule has 1 amide bonds. The minimum absolute atomic E-state index is 0.379. The van der Waals surface area contributed by atoms with E-state index in [0.29, 0.717) is 6.54 Å². The van der Waals surface area contributed by atoms with Gasteiger partial charge in [-0.25, -0.2) is 0 Å². The predicted molar refractivity (Wildman–Crippen MR) is 71.1 cm³/mol. The molecular formula is C11H16Cl3NO. The third-order valence-corrected chi connectivity index (χ3v) is 2.22. The molecule has 0 rings (SSSR count). The van der Waals surface area contributed by atoms with Crippen molar-refractivity contribution in [2.24, 2.45) is 0 Å². The molecule has 0 atom stereocenters. The van der Waals surface area contributed by atoms with E-state index in [1.54, 1.807) is 0 Å². The van der Waals surface area contributed by atoms with Crippen LogP contribution in [0.1, 0.15) is 26.2 Å². The van der Waals surface area contributed by atoms with E-state index in [4.69, 9.17) is 34.8 Å². The summed E-state index contributed by atoms with van der Waals surface area (Å²) in [5.74, 6) is -0.604. The van der Waals surface area contributed by atoms with Crippen molar-refractivity contribution in [2.45, 2.75) is 30.0 Å². The SMILES string of the molecule is CC/C=C/CC/C=C/CNC(=O)C(Cl)(Cl)Cl. The summed E-state index contributed by atoms with van der Waals surface area (Å²) in [5, 5.41) is 2.49. The van der Waals surface area contributed by atoms with Gasteiger partial charge >= 0.3 is 0 Å². The number of rotatable bonds is 6. The second-order valence-corrected chi connectivity index (χ2v) is 5.42. The van der Waals surface area contributed by atoms with Crippen molar-refractivity contribution in [2.75, 3.05) is 6.54 Å². The highest BCUT2D eigenvalue weighted by Gasteiger charge is 2.29. The van der Waals surface area contributed by atoms with Crippen LogP contribution >= 0.6 is 34.8 Å². The molecule has 0 bridgehead atoms. The lowest BCUT2D eigenvalue weighted by Gasteiger charge is -2.09. The molecule has 0 fully saturated rings. The lowest BCUT2D eigenvalue weighted by Crippen LogP contribution is -2.34. The topological polar surface area (TPSA) is 29.1 Å². The largest absolute Gasteiger partial charge is 0.349 e. The average molecular weight is 285 g/mol. The molecule has 0 saturated carbocycles. The van der Waals surface area contributed by atoms with Gasteiger partial charge in [-0.05, 0) is 19.3 Å². The molecule has 1 N–H and O–H groups in total. The van der Waals surface area contributed by atoms with Gasteiger partial charge in [-0.2, -0.15) is 0 Å². The van der Waals surface area contributed by atoms with Gasteiger partial charge < -0.3 is 5.32 Å². The number of nitrogens with one attached hydrogen (secondary N) is 1. The third kappa shape index (κ3) is 9.08. The van der Waals surface area contributed by atoms with Gasteiger partial charge in [0.15, 0.2) is 0 Å². The number of alkyl halides is 3. The Morgan fingerprint density at radius 1 is 1.12 bits per heavy atom. The smallest absolute Gasteiger partial charge is 0.272 e. The van der Waals surface area contributed by atoms with Crippen LogP contribution in [0, 0.1) is 0 Å². The highest BCUT2D eigenvalue weighted by molar-refractivity contribution is 6.76. The van der Waals surface area contributed by atoms with E-state index in [1.165, 1.54) is 0 Å². The molecule has 2 nitrogen and oxygen atoms in total. The Labute approximate surface area is 112 Å². The normalized spacial score (nSPS) is 12.5. The van der Waals surface area contributed by atoms with Crippen LogP contribution in [-0.2, 0) is 4.79 Å². The van der Waals surface area contributed by atoms with E-state index in [1.807, 2.05) is 12.2 Å². The maximum Gasteiger partial charge on any atom is 0.272 e. The summed E-state index contributed by atoms with van der Waals surface area (Å²) < 4.78 is -1.88. The standard InChI is InChI=1S/C11H16Cl3NO/c1-2-3-4-5-6-7-8-9-15-10(16)11(12,13)14/h3-4,7-8H,2,5-6,9H2,1H3,(H,15,16)/b4-3+,8-7+. The molecule has 0 aromatic rings. The van der Waals surface area contributed by atoms with Crippen LogP contribution in [0.15, 0.2) is 24.3 Å². The Kier molecular flexibility index (Phi) is 8.81. The minimum Gasteiger partial charge on any atom is -0.349 e. The quantitative estimate of drug-likeness (QED) is 0.449. The summed E-state index contributed by atoms with van der Waals surface area (Å²) in [7, 11) is 0. The first-order valence-electron chi connectivity index (χ1n) is 5.13. The monoisotopic (exact) mass is 283 g/mol. The Balaban J connectivity index is 3.55. The minimum atomic E-state index is -1.88. The van der Waals surface area contributed by atoms with Crippen LogP contribution in [0.4, 0.5) is 0 Å².